The van der Waals surface area contributed by atoms with Crippen LogP contribution >= 0.6 is 0 Å². The van der Waals surface area contributed by atoms with Crippen LogP contribution in [0.4, 0.5) is 0 Å². The van der Waals surface area contributed by atoms with E-state index >= 15 is 0 Å². The first-order valence-electron chi connectivity index (χ1n) is 14.8. The van der Waals surface area contributed by atoms with Gasteiger partial charge in [-0.2, -0.15) is 0 Å². The molecule has 44 heavy (non-hydrogen) atoms. The summed E-state index contributed by atoms with van der Waals surface area (Å²) in [6, 6.07) is 41.9. The molecule has 9 rings (SSSR count). The number of rotatable bonds is 4. The molecule has 0 atom stereocenters. The highest BCUT2D eigenvalue weighted by Crippen LogP contribution is 2.44. The summed E-state index contributed by atoms with van der Waals surface area (Å²) in [7, 11) is 0. The monoisotopic (exact) mass is 559 g/mol. The first-order valence-corrected chi connectivity index (χ1v) is 14.8. The lowest BCUT2D eigenvalue weighted by molar-refractivity contribution is 1.33. The van der Waals surface area contributed by atoms with Gasteiger partial charge in [0.15, 0.2) is 0 Å². The van der Waals surface area contributed by atoms with E-state index in [1.54, 1.807) is 0 Å². The molecule has 0 spiro atoms. The zero-order chi connectivity index (χ0) is 29.0. The molecule has 3 aromatic heterocycles. The molecule has 0 radical (unpaired) electrons. The Kier molecular flexibility index (Phi) is 5.50. The fourth-order valence-electron chi connectivity index (χ4n) is 6.82. The van der Waals surface area contributed by atoms with E-state index in [4.69, 9.17) is 0 Å². The molecular weight excluding hydrogens is 534 g/mol. The molecule has 0 aliphatic carbocycles. The normalized spacial score (nSPS) is 11.6. The van der Waals surface area contributed by atoms with Crippen LogP contribution < -0.4 is 0 Å². The summed E-state index contributed by atoms with van der Waals surface area (Å²) in [4.78, 5) is 13.1. The van der Waals surface area contributed by atoms with Crippen LogP contribution in [0.2, 0.25) is 0 Å². The van der Waals surface area contributed by atoms with Crippen molar-refractivity contribution in [2.24, 2.45) is 0 Å². The largest absolute Gasteiger partial charge is 0.265 e. The summed E-state index contributed by atoms with van der Waals surface area (Å²) in [6.45, 7) is 0. The Bertz CT molecular complexity index is 2420. The predicted molar refractivity (Wildman–Crippen MR) is 183 cm³/mol. The van der Waals surface area contributed by atoms with Crippen LogP contribution in [0.3, 0.4) is 0 Å². The molecule has 0 N–H and O–H groups in total. The second-order valence-electron chi connectivity index (χ2n) is 11.3. The van der Waals surface area contributed by atoms with Gasteiger partial charge in [-0.15, -0.1) is 0 Å². The van der Waals surface area contributed by atoms with E-state index in [1.165, 1.54) is 54.4 Å². The van der Waals surface area contributed by atoms with E-state index in [9.17, 15) is 0 Å². The summed E-state index contributed by atoms with van der Waals surface area (Å²) in [5.74, 6) is 0. The van der Waals surface area contributed by atoms with Crippen LogP contribution in [0.15, 0.2) is 152 Å². The van der Waals surface area contributed by atoms with Gasteiger partial charge in [-0.1, -0.05) is 72.8 Å². The Morgan fingerprint density at radius 3 is 1.52 bits per heavy atom. The summed E-state index contributed by atoms with van der Waals surface area (Å²) in [5.41, 5.74) is 9.38. The number of hydrogen-bond donors (Lipinski definition) is 0. The summed E-state index contributed by atoms with van der Waals surface area (Å²) >= 11 is 0. The van der Waals surface area contributed by atoms with Crippen molar-refractivity contribution in [1.29, 1.82) is 0 Å². The van der Waals surface area contributed by atoms with E-state index in [0.29, 0.717) is 0 Å². The number of hydrogen-bond acceptors (Lipinski definition) is 3. The fraction of sp³-hybridized carbons (Fsp3) is 0. The van der Waals surface area contributed by atoms with Crippen molar-refractivity contribution in [2.75, 3.05) is 0 Å². The van der Waals surface area contributed by atoms with Crippen molar-refractivity contribution in [3.63, 3.8) is 0 Å². The lowest BCUT2D eigenvalue weighted by atomic mass is 9.86. The van der Waals surface area contributed by atoms with Crippen LogP contribution in [0.1, 0.15) is 0 Å². The topological polar surface area (TPSA) is 38.7 Å². The van der Waals surface area contributed by atoms with Gasteiger partial charge in [0.25, 0.3) is 0 Å². The first-order chi connectivity index (χ1) is 21.8. The summed E-state index contributed by atoms with van der Waals surface area (Å²) in [6.07, 6.45) is 11.4. The quantitative estimate of drug-likeness (QED) is 0.201. The van der Waals surface area contributed by atoms with E-state index in [1.807, 2.05) is 37.2 Å². The number of pyridine rings is 3. The number of nitrogens with zero attached hydrogens (tertiary/aromatic N) is 3. The first kappa shape index (κ1) is 24.6. The van der Waals surface area contributed by atoms with Gasteiger partial charge in [0.1, 0.15) is 0 Å². The minimum Gasteiger partial charge on any atom is -0.265 e. The Balaban J connectivity index is 1.32. The maximum atomic E-state index is 4.61. The lowest BCUT2D eigenvalue weighted by Gasteiger charge is -2.18. The Labute approximate surface area is 254 Å². The molecule has 9 aromatic rings. The summed E-state index contributed by atoms with van der Waals surface area (Å²) < 4.78 is 0. The molecule has 0 fully saturated rings. The second kappa shape index (κ2) is 9.82. The molecule has 204 valence electrons. The fourth-order valence-corrected chi connectivity index (χ4v) is 6.82. The molecule has 0 bridgehead atoms. The zero-order valence-corrected chi connectivity index (χ0v) is 23.8. The molecule has 0 unspecified atom stereocenters. The van der Waals surface area contributed by atoms with E-state index in [-0.39, 0.29) is 0 Å². The maximum Gasteiger partial charge on any atom is 0.0353 e. The lowest BCUT2D eigenvalue weighted by Crippen LogP contribution is -1.91. The molecule has 0 aliphatic rings. The highest BCUT2D eigenvalue weighted by molar-refractivity contribution is 6.28. The second-order valence-corrected chi connectivity index (χ2v) is 11.3. The van der Waals surface area contributed by atoms with Crippen molar-refractivity contribution >= 4 is 43.1 Å². The zero-order valence-electron chi connectivity index (χ0n) is 23.8. The van der Waals surface area contributed by atoms with Gasteiger partial charge < -0.3 is 0 Å². The van der Waals surface area contributed by atoms with Crippen LogP contribution in [-0.4, -0.2) is 15.0 Å². The molecule has 3 heterocycles. The van der Waals surface area contributed by atoms with Gasteiger partial charge in [0.2, 0.25) is 0 Å². The Hall–Kier alpha value is -5.93. The predicted octanol–water partition coefficient (Wildman–Crippen LogP) is 10.6. The van der Waals surface area contributed by atoms with Crippen molar-refractivity contribution in [2.45, 2.75) is 0 Å². The molecule has 0 saturated heterocycles. The van der Waals surface area contributed by atoms with Gasteiger partial charge in [-0.3, -0.25) is 15.0 Å². The van der Waals surface area contributed by atoms with Gasteiger partial charge in [-0.05, 0) is 119 Å². The SMILES string of the molecule is c1ccc2c(-c3ccc4ccc5c(-c6cc(-c7ccncc7)cc(-c7ccncc7)c6)ccc6ccc3c4c65)cncc2c1. The molecule has 0 saturated carbocycles. The highest BCUT2D eigenvalue weighted by Gasteiger charge is 2.17. The number of aromatic nitrogens is 3. The van der Waals surface area contributed by atoms with Crippen molar-refractivity contribution in [3.05, 3.63) is 152 Å². The minimum absolute atomic E-state index is 1.14. The number of benzene rings is 6. The van der Waals surface area contributed by atoms with Gasteiger partial charge in [0.05, 0.1) is 0 Å². The van der Waals surface area contributed by atoms with Crippen LogP contribution in [0.25, 0.3) is 87.6 Å². The molecule has 0 aliphatic heterocycles. The van der Waals surface area contributed by atoms with Crippen LogP contribution in [0.5, 0.6) is 0 Å². The highest BCUT2D eigenvalue weighted by atomic mass is 14.6. The number of fused-ring (bicyclic) bond motifs is 1. The smallest absolute Gasteiger partial charge is 0.0353 e. The molecule has 6 aromatic carbocycles. The molecule has 0 amide bonds. The molecular formula is C41H25N3. The van der Waals surface area contributed by atoms with E-state index in [2.05, 4.69) is 130 Å². The third kappa shape index (κ3) is 3.87. The van der Waals surface area contributed by atoms with Gasteiger partial charge >= 0.3 is 0 Å². The summed E-state index contributed by atoms with van der Waals surface area (Å²) in [5, 5.41) is 9.95. The van der Waals surface area contributed by atoms with E-state index in [0.717, 1.165) is 33.2 Å². The third-order valence-corrected chi connectivity index (χ3v) is 8.89. The van der Waals surface area contributed by atoms with E-state index < -0.39 is 0 Å². The van der Waals surface area contributed by atoms with Crippen LogP contribution in [-0.2, 0) is 0 Å². The Morgan fingerprint density at radius 1 is 0.318 bits per heavy atom. The van der Waals surface area contributed by atoms with Crippen LogP contribution in [0, 0.1) is 0 Å². The average molecular weight is 560 g/mol. The molecule has 3 heteroatoms. The van der Waals surface area contributed by atoms with Gasteiger partial charge in [0, 0.05) is 48.1 Å². The average Bonchev–Trinajstić information content (AvgIpc) is 3.11. The van der Waals surface area contributed by atoms with Crippen molar-refractivity contribution in [1.82, 2.24) is 15.0 Å². The maximum absolute atomic E-state index is 4.61. The van der Waals surface area contributed by atoms with Crippen molar-refractivity contribution in [3.8, 4) is 44.5 Å². The Morgan fingerprint density at radius 2 is 0.864 bits per heavy atom. The molecule has 3 nitrogen and oxygen atoms in total. The van der Waals surface area contributed by atoms with Gasteiger partial charge in [-0.25, -0.2) is 0 Å². The van der Waals surface area contributed by atoms with Crippen molar-refractivity contribution < 1.29 is 0 Å². The third-order valence-electron chi connectivity index (χ3n) is 8.89. The minimum atomic E-state index is 1.14. The standard InChI is InChI=1S/C41H25N3/c1-2-4-34-30(3-1)24-44-25-39(34)36-10-6-29-7-11-37-35(9-5-28-8-12-38(36)41(29)40(28)37)33-22-31(26-13-17-42-18-14-26)21-32(23-33)27-15-19-43-20-16-27/h1-25H.